The van der Waals surface area contributed by atoms with Crippen molar-refractivity contribution < 1.29 is 4.79 Å². The highest BCUT2D eigenvalue weighted by Gasteiger charge is 2.11. The van der Waals surface area contributed by atoms with Crippen molar-refractivity contribution in [2.45, 2.75) is 13.8 Å². The molecule has 2 heterocycles. The molecule has 1 amide bonds. The van der Waals surface area contributed by atoms with Gasteiger partial charge in [-0.15, -0.1) is 5.10 Å². The molecule has 106 valence electrons. The summed E-state index contributed by atoms with van der Waals surface area (Å²) in [6, 6.07) is 7.30. The zero-order valence-electron chi connectivity index (χ0n) is 11.5. The Morgan fingerprint density at radius 2 is 2.19 bits per heavy atom. The lowest BCUT2D eigenvalue weighted by atomic mass is 10.2. The first-order valence-electron chi connectivity index (χ1n) is 6.32. The quantitative estimate of drug-likeness (QED) is 0.753. The van der Waals surface area contributed by atoms with Crippen LogP contribution in [0.15, 0.2) is 30.5 Å². The van der Waals surface area contributed by atoms with Gasteiger partial charge in [0.2, 0.25) is 0 Å². The van der Waals surface area contributed by atoms with E-state index in [1.165, 1.54) is 6.20 Å². The number of aromatic nitrogens is 6. The molecular formula is C13H13N7O. The minimum Gasteiger partial charge on any atom is -0.322 e. The van der Waals surface area contributed by atoms with Gasteiger partial charge in [-0.25, -0.2) is 0 Å². The lowest BCUT2D eigenvalue weighted by Gasteiger charge is -2.07. The lowest BCUT2D eigenvalue weighted by Crippen LogP contribution is -2.12. The predicted molar refractivity (Wildman–Crippen MR) is 75.2 cm³/mol. The molecular weight excluding hydrogens is 270 g/mol. The van der Waals surface area contributed by atoms with Crippen molar-refractivity contribution in [1.82, 2.24) is 30.4 Å². The molecule has 0 saturated carbocycles. The standard InChI is InChI=1S/C13H13N7O/c1-8-12(7-14-16-8)13(21)15-10-4-3-5-11(6-10)20-9(2)17-18-19-20/h3-7H,1-2H3,(H,14,16)(H,15,21). The molecule has 0 bridgehead atoms. The molecule has 3 rings (SSSR count). The SMILES string of the molecule is Cc1[nH]ncc1C(=O)Nc1cccc(-n2nnnc2C)c1. The first kappa shape index (κ1) is 13.0. The number of anilines is 1. The molecule has 2 N–H and O–H groups in total. The molecule has 1 aromatic carbocycles. The van der Waals surface area contributed by atoms with Crippen LogP contribution in [-0.2, 0) is 0 Å². The second-order valence-electron chi connectivity index (χ2n) is 4.55. The van der Waals surface area contributed by atoms with Gasteiger partial charge in [-0.1, -0.05) is 6.07 Å². The normalized spacial score (nSPS) is 10.6. The number of hydrogen-bond donors (Lipinski definition) is 2. The molecule has 0 aliphatic carbocycles. The number of carbonyl (C=O) groups excluding carboxylic acids is 1. The van der Waals surface area contributed by atoms with Crippen molar-refractivity contribution in [1.29, 1.82) is 0 Å². The summed E-state index contributed by atoms with van der Waals surface area (Å²) in [4.78, 5) is 12.1. The highest BCUT2D eigenvalue weighted by molar-refractivity contribution is 6.04. The number of benzene rings is 1. The van der Waals surface area contributed by atoms with E-state index in [4.69, 9.17) is 0 Å². The molecule has 0 atom stereocenters. The fraction of sp³-hybridized carbons (Fsp3) is 0.154. The maximum Gasteiger partial charge on any atom is 0.259 e. The molecule has 21 heavy (non-hydrogen) atoms. The number of rotatable bonds is 3. The van der Waals surface area contributed by atoms with Crippen LogP contribution in [0.25, 0.3) is 5.69 Å². The van der Waals surface area contributed by atoms with Gasteiger partial charge in [-0.05, 0) is 42.5 Å². The summed E-state index contributed by atoms with van der Waals surface area (Å²) in [6.45, 7) is 3.60. The summed E-state index contributed by atoms with van der Waals surface area (Å²) >= 11 is 0. The number of nitrogens with zero attached hydrogens (tertiary/aromatic N) is 5. The molecule has 3 aromatic rings. The van der Waals surface area contributed by atoms with Crippen LogP contribution in [0.4, 0.5) is 5.69 Å². The van der Waals surface area contributed by atoms with Crippen LogP contribution < -0.4 is 5.32 Å². The molecule has 0 unspecified atom stereocenters. The number of amides is 1. The van der Waals surface area contributed by atoms with E-state index in [-0.39, 0.29) is 5.91 Å². The fourth-order valence-electron chi connectivity index (χ4n) is 1.96. The second-order valence-corrected chi connectivity index (χ2v) is 4.55. The van der Waals surface area contributed by atoms with Crippen molar-refractivity contribution in [3.63, 3.8) is 0 Å². The molecule has 8 heteroatoms. The van der Waals surface area contributed by atoms with Crippen LogP contribution in [0.5, 0.6) is 0 Å². The fourth-order valence-corrected chi connectivity index (χ4v) is 1.96. The summed E-state index contributed by atoms with van der Waals surface area (Å²) < 4.78 is 1.60. The van der Waals surface area contributed by atoms with Crippen molar-refractivity contribution in [2.75, 3.05) is 5.32 Å². The van der Waals surface area contributed by atoms with E-state index in [1.54, 1.807) is 30.7 Å². The Balaban J connectivity index is 1.86. The van der Waals surface area contributed by atoms with Gasteiger partial charge in [0, 0.05) is 11.4 Å². The predicted octanol–water partition coefficient (Wildman–Crippen LogP) is 1.25. The maximum atomic E-state index is 12.1. The van der Waals surface area contributed by atoms with Crippen LogP contribution >= 0.6 is 0 Å². The minimum absolute atomic E-state index is 0.216. The molecule has 2 aromatic heterocycles. The summed E-state index contributed by atoms with van der Waals surface area (Å²) in [7, 11) is 0. The molecule has 0 radical (unpaired) electrons. The molecule has 8 nitrogen and oxygen atoms in total. The number of aromatic amines is 1. The highest BCUT2D eigenvalue weighted by Crippen LogP contribution is 2.16. The van der Waals surface area contributed by atoms with E-state index >= 15 is 0 Å². The minimum atomic E-state index is -0.216. The van der Waals surface area contributed by atoms with Crippen molar-refractivity contribution >= 4 is 11.6 Å². The summed E-state index contributed by atoms with van der Waals surface area (Å²) in [5.74, 6) is 0.455. The summed E-state index contributed by atoms with van der Waals surface area (Å²) in [6.07, 6.45) is 1.50. The number of aryl methyl sites for hydroxylation is 2. The van der Waals surface area contributed by atoms with Crippen LogP contribution in [0.3, 0.4) is 0 Å². The Bertz CT molecular complexity index is 789. The van der Waals surface area contributed by atoms with Gasteiger partial charge in [0.05, 0.1) is 17.4 Å². The molecule has 0 saturated heterocycles. The number of H-pyrrole nitrogens is 1. The largest absolute Gasteiger partial charge is 0.322 e. The Hall–Kier alpha value is -3.03. The molecule has 0 aliphatic rings. The lowest BCUT2D eigenvalue weighted by molar-refractivity contribution is 0.102. The van der Waals surface area contributed by atoms with Crippen LogP contribution in [0.2, 0.25) is 0 Å². The zero-order valence-corrected chi connectivity index (χ0v) is 11.5. The average molecular weight is 283 g/mol. The maximum absolute atomic E-state index is 12.1. The third kappa shape index (κ3) is 2.50. The Kier molecular flexibility index (Phi) is 3.19. The van der Waals surface area contributed by atoms with Gasteiger partial charge in [0.25, 0.3) is 5.91 Å². The Morgan fingerprint density at radius 3 is 2.86 bits per heavy atom. The monoisotopic (exact) mass is 283 g/mol. The van der Waals surface area contributed by atoms with Crippen molar-refractivity contribution in [3.8, 4) is 5.69 Å². The summed E-state index contributed by atoms with van der Waals surface area (Å²) in [5, 5.41) is 20.7. The summed E-state index contributed by atoms with van der Waals surface area (Å²) in [5.41, 5.74) is 2.67. The third-order valence-corrected chi connectivity index (χ3v) is 3.05. The van der Waals surface area contributed by atoms with E-state index in [1.807, 2.05) is 12.1 Å². The van der Waals surface area contributed by atoms with Gasteiger partial charge in [0.1, 0.15) is 0 Å². The van der Waals surface area contributed by atoms with Gasteiger partial charge in [-0.3, -0.25) is 9.89 Å². The van der Waals surface area contributed by atoms with Gasteiger partial charge in [-0.2, -0.15) is 9.78 Å². The number of tetrazole rings is 1. The first-order chi connectivity index (χ1) is 10.1. The number of hydrogen-bond acceptors (Lipinski definition) is 5. The Morgan fingerprint density at radius 1 is 1.33 bits per heavy atom. The average Bonchev–Trinajstić information content (AvgIpc) is 3.07. The third-order valence-electron chi connectivity index (χ3n) is 3.05. The van der Waals surface area contributed by atoms with Gasteiger partial charge >= 0.3 is 0 Å². The van der Waals surface area contributed by atoms with Crippen LogP contribution in [-0.4, -0.2) is 36.3 Å². The molecule has 0 spiro atoms. The van der Waals surface area contributed by atoms with Crippen LogP contribution in [0.1, 0.15) is 21.9 Å². The van der Waals surface area contributed by atoms with E-state index in [9.17, 15) is 4.79 Å². The molecule has 0 fully saturated rings. The topological polar surface area (TPSA) is 101 Å². The van der Waals surface area contributed by atoms with Gasteiger partial charge < -0.3 is 5.32 Å². The van der Waals surface area contributed by atoms with Crippen LogP contribution in [0, 0.1) is 13.8 Å². The van der Waals surface area contributed by atoms with Crippen molar-refractivity contribution in [2.24, 2.45) is 0 Å². The van der Waals surface area contributed by atoms with E-state index < -0.39 is 0 Å². The second kappa shape index (κ2) is 5.16. The molecule has 0 aliphatic heterocycles. The number of nitrogens with one attached hydrogen (secondary N) is 2. The van der Waals surface area contributed by atoms with E-state index in [0.29, 0.717) is 17.1 Å². The smallest absolute Gasteiger partial charge is 0.259 e. The number of carbonyl (C=O) groups is 1. The highest BCUT2D eigenvalue weighted by atomic mass is 16.1. The zero-order chi connectivity index (χ0) is 14.8. The van der Waals surface area contributed by atoms with Gasteiger partial charge in [0.15, 0.2) is 5.82 Å². The van der Waals surface area contributed by atoms with E-state index in [0.717, 1.165) is 11.4 Å². The van der Waals surface area contributed by atoms with Crippen molar-refractivity contribution in [3.05, 3.63) is 47.5 Å². The first-order valence-corrected chi connectivity index (χ1v) is 6.32. The van der Waals surface area contributed by atoms with E-state index in [2.05, 4.69) is 31.0 Å². The Labute approximate surface area is 120 Å².